The summed E-state index contributed by atoms with van der Waals surface area (Å²) in [5.74, 6) is 1.20. The van der Waals surface area contributed by atoms with Gasteiger partial charge in [0, 0.05) is 25.4 Å². The molecule has 1 aromatic rings. The van der Waals surface area contributed by atoms with Gasteiger partial charge in [-0.15, -0.1) is 0 Å². The molecule has 0 radical (unpaired) electrons. The monoisotopic (exact) mass is 123 g/mol. The van der Waals surface area contributed by atoms with Crippen LogP contribution < -0.4 is 5.32 Å². The average molecular weight is 123 g/mol. The molecular formula is C6H9N3. The fourth-order valence-electron chi connectivity index (χ4n) is 1.11. The van der Waals surface area contributed by atoms with Crippen molar-refractivity contribution in [2.45, 2.75) is 13.1 Å². The molecule has 0 unspecified atom stereocenters. The molecule has 2 heterocycles. The van der Waals surface area contributed by atoms with Crippen molar-refractivity contribution in [3.05, 3.63) is 18.2 Å². The minimum Gasteiger partial charge on any atom is -0.322 e. The molecule has 1 aliphatic rings. The Balaban J connectivity index is 2.39. The Hall–Kier alpha value is -0.830. The molecule has 0 fully saturated rings. The van der Waals surface area contributed by atoms with Crippen molar-refractivity contribution >= 4 is 0 Å². The Labute approximate surface area is 53.7 Å². The number of hydrogen-bond donors (Lipinski definition) is 1. The largest absolute Gasteiger partial charge is 0.322 e. The molecule has 9 heavy (non-hydrogen) atoms. The molecule has 3 nitrogen and oxygen atoms in total. The summed E-state index contributed by atoms with van der Waals surface area (Å²) in [6.07, 6.45) is 4.91. The summed E-state index contributed by atoms with van der Waals surface area (Å²) in [6.45, 7) is 1.99. The van der Waals surface area contributed by atoms with Gasteiger partial charge in [-0.25, -0.2) is 4.98 Å². The highest BCUT2D eigenvalue weighted by Gasteiger charge is 2.05. The molecule has 0 amide bonds. The third kappa shape index (κ3) is 0.733. The first-order chi connectivity index (χ1) is 4.47. The predicted molar refractivity (Wildman–Crippen MR) is 33.9 cm³/mol. The lowest BCUT2D eigenvalue weighted by Gasteiger charge is -2.13. The van der Waals surface area contributed by atoms with Crippen LogP contribution in [-0.4, -0.2) is 16.1 Å². The molecular weight excluding hydrogens is 114 g/mol. The Bertz CT molecular complexity index is 183. The van der Waals surface area contributed by atoms with Gasteiger partial charge in [0.1, 0.15) is 5.82 Å². The summed E-state index contributed by atoms with van der Waals surface area (Å²) >= 11 is 0. The molecule has 1 aliphatic heterocycles. The number of nitrogens with zero attached hydrogens (tertiary/aromatic N) is 2. The Morgan fingerprint density at radius 2 is 2.67 bits per heavy atom. The number of fused-ring (bicyclic) bond motifs is 1. The Morgan fingerprint density at radius 3 is 3.56 bits per heavy atom. The molecule has 2 rings (SSSR count). The maximum absolute atomic E-state index is 4.18. The van der Waals surface area contributed by atoms with E-state index in [1.54, 1.807) is 0 Å². The van der Waals surface area contributed by atoms with E-state index < -0.39 is 0 Å². The van der Waals surface area contributed by atoms with Crippen LogP contribution in [0.2, 0.25) is 0 Å². The van der Waals surface area contributed by atoms with Crippen LogP contribution in [0.4, 0.5) is 0 Å². The average Bonchev–Trinajstić information content (AvgIpc) is 2.33. The first-order valence-corrected chi connectivity index (χ1v) is 3.17. The molecule has 0 aliphatic carbocycles. The highest BCUT2D eigenvalue weighted by molar-refractivity contribution is 4.94. The van der Waals surface area contributed by atoms with Crippen LogP contribution in [0.25, 0.3) is 0 Å². The van der Waals surface area contributed by atoms with Gasteiger partial charge in [-0.05, 0) is 0 Å². The van der Waals surface area contributed by atoms with Crippen LogP contribution >= 0.6 is 0 Å². The Kier molecular flexibility index (Phi) is 1.02. The molecule has 48 valence electrons. The third-order valence-electron chi connectivity index (χ3n) is 1.61. The first kappa shape index (κ1) is 4.99. The Morgan fingerprint density at radius 1 is 1.67 bits per heavy atom. The second kappa shape index (κ2) is 1.84. The van der Waals surface area contributed by atoms with Crippen molar-refractivity contribution in [1.29, 1.82) is 0 Å². The van der Waals surface area contributed by atoms with E-state index in [9.17, 15) is 0 Å². The lowest BCUT2D eigenvalue weighted by molar-refractivity contribution is 0.487. The molecule has 0 spiro atoms. The fourth-order valence-corrected chi connectivity index (χ4v) is 1.11. The van der Waals surface area contributed by atoms with Gasteiger partial charge < -0.3 is 4.57 Å². The lowest BCUT2D eigenvalue weighted by atomic mass is 10.3. The van der Waals surface area contributed by atoms with Gasteiger partial charge >= 0.3 is 0 Å². The standard InChI is InChI=1S/C6H9N3/c1-2-7-5-9-4-3-8-6(1)9/h3-4,7H,1-2,5H2. The zero-order valence-electron chi connectivity index (χ0n) is 5.17. The summed E-state index contributed by atoms with van der Waals surface area (Å²) in [6, 6.07) is 0. The number of rotatable bonds is 0. The van der Waals surface area contributed by atoms with Crippen LogP contribution in [-0.2, 0) is 13.1 Å². The normalized spacial score (nSPS) is 17.3. The van der Waals surface area contributed by atoms with Gasteiger partial charge in [0.25, 0.3) is 0 Å². The van der Waals surface area contributed by atoms with Crippen molar-refractivity contribution in [3.63, 3.8) is 0 Å². The summed E-state index contributed by atoms with van der Waals surface area (Å²) in [5.41, 5.74) is 0. The molecule has 1 aromatic heterocycles. The van der Waals surface area contributed by atoms with Gasteiger partial charge in [0.2, 0.25) is 0 Å². The fraction of sp³-hybridized carbons (Fsp3) is 0.500. The van der Waals surface area contributed by atoms with E-state index in [1.807, 2.05) is 12.4 Å². The topological polar surface area (TPSA) is 29.9 Å². The summed E-state index contributed by atoms with van der Waals surface area (Å²) in [7, 11) is 0. The van der Waals surface area contributed by atoms with E-state index in [0.717, 1.165) is 19.6 Å². The van der Waals surface area contributed by atoms with Crippen LogP contribution in [0.15, 0.2) is 12.4 Å². The van der Waals surface area contributed by atoms with E-state index in [4.69, 9.17) is 0 Å². The zero-order valence-corrected chi connectivity index (χ0v) is 5.17. The molecule has 0 saturated carbocycles. The van der Waals surface area contributed by atoms with Crippen LogP contribution in [0, 0.1) is 0 Å². The van der Waals surface area contributed by atoms with Gasteiger partial charge in [0.15, 0.2) is 0 Å². The number of aromatic nitrogens is 2. The summed E-state index contributed by atoms with van der Waals surface area (Å²) in [4.78, 5) is 4.18. The lowest BCUT2D eigenvalue weighted by Crippen LogP contribution is -2.28. The second-order valence-corrected chi connectivity index (χ2v) is 2.22. The maximum atomic E-state index is 4.18. The molecule has 0 saturated heterocycles. The number of imidazole rings is 1. The smallest absolute Gasteiger partial charge is 0.110 e. The van der Waals surface area contributed by atoms with Gasteiger partial charge in [0.05, 0.1) is 6.67 Å². The van der Waals surface area contributed by atoms with Crippen molar-refractivity contribution < 1.29 is 0 Å². The third-order valence-corrected chi connectivity index (χ3v) is 1.61. The van der Waals surface area contributed by atoms with Crippen LogP contribution in [0.3, 0.4) is 0 Å². The molecule has 0 aromatic carbocycles. The molecule has 0 bridgehead atoms. The van der Waals surface area contributed by atoms with Crippen molar-refractivity contribution in [1.82, 2.24) is 14.9 Å². The highest BCUT2D eigenvalue weighted by Crippen LogP contribution is 2.00. The number of hydrogen-bond acceptors (Lipinski definition) is 2. The van der Waals surface area contributed by atoms with Crippen LogP contribution in [0.1, 0.15) is 5.82 Å². The minimum absolute atomic E-state index is 0.926. The first-order valence-electron chi connectivity index (χ1n) is 3.17. The van der Waals surface area contributed by atoms with Crippen molar-refractivity contribution in [2.24, 2.45) is 0 Å². The molecule has 3 heteroatoms. The zero-order chi connectivity index (χ0) is 6.10. The summed E-state index contributed by atoms with van der Waals surface area (Å²) < 4.78 is 2.13. The molecule has 1 N–H and O–H groups in total. The molecule has 0 atom stereocenters. The van der Waals surface area contributed by atoms with E-state index in [0.29, 0.717) is 0 Å². The quantitative estimate of drug-likeness (QED) is 0.525. The van der Waals surface area contributed by atoms with E-state index >= 15 is 0 Å². The highest BCUT2D eigenvalue weighted by atomic mass is 15.2. The van der Waals surface area contributed by atoms with E-state index in [-0.39, 0.29) is 0 Å². The van der Waals surface area contributed by atoms with Crippen LogP contribution in [0.5, 0.6) is 0 Å². The van der Waals surface area contributed by atoms with Gasteiger partial charge in [-0.3, -0.25) is 5.32 Å². The van der Waals surface area contributed by atoms with Gasteiger partial charge in [-0.2, -0.15) is 0 Å². The van der Waals surface area contributed by atoms with E-state index in [2.05, 4.69) is 14.9 Å². The second-order valence-electron chi connectivity index (χ2n) is 2.22. The summed E-state index contributed by atoms with van der Waals surface area (Å²) in [5, 5.41) is 3.25. The SMILES string of the molecule is c1cn2c(n1)CCNC2. The van der Waals surface area contributed by atoms with E-state index in [1.165, 1.54) is 5.82 Å². The number of nitrogens with one attached hydrogen (secondary N) is 1. The predicted octanol–water partition coefficient (Wildman–Crippen LogP) is -0.0137. The maximum Gasteiger partial charge on any atom is 0.110 e. The van der Waals surface area contributed by atoms with Crippen molar-refractivity contribution in [3.8, 4) is 0 Å². The minimum atomic E-state index is 0.926. The van der Waals surface area contributed by atoms with Gasteiger partial charge in [-0.1, -0.05) is 0 Å². The van der Waals surface area contributed by atoms with Crippen molar-refractivity contribution in [2.75, 3.05) is 6.54 Å².